The number of fused-ring (bicyclic) bond motifs is 1. The standard InChI is InChI=1S/C23H26N4O4/c1-29-18-14-16(15-19(30-2)22(18)31-3)7-8-21(28)26-12-9-17(10-13-26)23-25-24-20-6-4-5-11-27(20)23/h4-8,11,14-15,17H,9-10,12-13H2,1-3H3/b8-7+. The first-order chi connectivity index (χ1) is 15.1. The monoisotopic (exact) mass is 422 g/mol. The normalized spacial score (nSPS) is 14.9. The van der Waals surface area contributed by atoms with Crippen LogP contribution in [-0.2, 0) is 4.79 Å². The third-order valence-electron chi connectivity index (χ3n) is 5.62. The van der Waals surface area contributed by atoms with E-state index in [0.29, 0.717) is 36.3 Å². The predicted molar refractivity (Wildman–Crippen MR) is 117 cm³/mol. The number of rotatable bonds is 6. The highest BCUT2D eigenvalue weighted by molar-refractivity contribution is 5.92. The van der Waals surface area contributed by atoms with E-state index in [-0.39, 0.29) is 5.91 Å². The van der Waals surface area contributed by atoms with Gasteiger partial charge in [0.05, 0.1) is 21.3 Å². The quantitative estimate of drug-likeness (QED) is 0.568. The fourth-order valence-corrected chi connectivity index (χ4v) is 3.97. The predicted octanol–water partition coefficient (Wildman–Crippen LogP) is 3.17. The second-order valence-electron chi connectivity index (χ2n) is 7.38. The van der Waals surface area contributed by atoms with Crippen molar-refractivity contribution in [3.63, 3.8) is 0 Å². The number of likely N-dealkylation sites (tertiary alicyclic amines) is 1. The molecule has 0 N–H and O–H groups in total. The van der Waals surface area contributed by atoms with Gasteiger partial charge in [0.25, 0.3) is 0 Å². The molecule has 2 aromatic heterocycles. The number of pyridine rings is 1. The number of amides is 1. The molecule has 1 amide bonds. The molecule has 0 radical (unpaired) electrons. The van der Waals surface area contributed by atoms with Gasteiger partial charge in [0.2, 0.25) is 11.7 Å². The van der Waals surface area contributed by atoms with Gasteiger partial charge in [0, 0.05) is 31.3 Å². The maximum absolute atomic E-state index is 12.7. The summed E-state index contributed by atoms with van der Waals surface area (Å²) in [5.74, 6) is 2.87. The molecule has 0 unspecified atom stereocenters. The number of aromatic nitrogens is 3. The van der Waals surface area contributed by atoms with Crippen molar-refractivity contribution >= 4 is 17.6 Å². The highest BCUT2D eigenvalue weighted by Crippen LogP contribution is 2.38. The first kappa shape index (κ1) is 20.7. The maximum Gasteiger partial charge on any atom is 0.246 e. The highest BCUT2D eigenvalue weighted by atomic mass is 16.5. The molecule has 0 bridgehead atoms. The van der Waals surface area contributed by atoms with E-state index in [9.17, 15) is 4.79 Å². The molecular formula is C23H26N4O4. The van der Waals surface area contributed by atoms with E-state index < -0.39 is 0 Å². The Balaban J connectivity index is 1.42. The molecule has 0 atom stereocenters. The summed E-state index contributed by atoms with van der Waals surface area (Å²) in [7, 11) is 4.70. The van der Waals surface area contributed by atoms with Crippen molar-refractivity contribution in [1.82, 2.24) is 19.5 Å². The van der Waals surface area contributed by atoms with Crippen molar-refractivity contribution in [2.75, 3.05) is 34.4 Å². The number of carbonyl (C=O) groups is 1. The lowest BCUT2D eigenvalue weighted by molar-refractivity contribution is -0.127. The second-order valence-corrected chi connectivity index (χ2v) is 7.38. The van der Waals surface area contributed by atoms with Crippen LogP contribution in [-0.4, -0.2) is 59.8 Å². The molecule has 162 valence electrons. The number of benzene rings is 1. The van der Waals surface area contributed by atoms with Crippen LogP contribution in [0.5, 0.6) is 17.2 Å². The molecule has 1 fully saturated rings. The third-order valence-corrected chi connectivity index (χ3v) is 5.62. The molecule has 3 heterocycles. The van der Waals surface area contributed by atoms with Crippen LogP contribution in [0, 0.1) is 0 Å². The molecule has 1 aromatic carbocycles. The first-order valence-corrected chi connectivity index (χ1v) is 10.2. The number of ether oxygens (including phenoxy) is 3. The molecule has 0 saturated carbocycles. The van der Waals surface area contributed by atoms with E-state index in [1.165, 1.54) is 0 Å². The Morgan fingerprint density at radius 2 is 1.74 bits per heavy atom. The molecular weight excluding hydrogens is 396 g/mol. The fraction of sp³-hybridized carbons (Fsp3) is 0.348. The first-order valence-electron chi connectivity index (χ1n) is 10.2. The topological polar surface area (TPSA) is 78.2 Å². The molecule has 4 rings (SSSR count). The summed E-state index contributed by atoms with van der Waals surface area (Å²) in [5, 5.41) is 8.62. The number of methoxy groups -OCH3 is 3. The van der Waals surface area contributed by atoms with Gasteiger partial charge >= 0.3 is 0 Å². The molecule has 0 spiro atoms. The van der Waals surface area contributed by atoms with Crippen LogP contribution in [0.25, 0.3) is 11.7 Å². The Morgan fingerprint density at radius 3 is 2.39 bits per heavy atom. The van der Waals surface area contributed by atoms with Gasteiger partial charge in [0.15, 0.2) is 17.1 Å². The van der Waals surface area contributed by atoms with Crippen molar-refractivity contribution < 1.29 is 19.0 Å². The zero-order chi connectivity index (χ0) is 21.8. The highest BCUT2D eigenvalue weighted by Gasteiger charge is 2.26. The van der Waals surface area contributed by atoms with E-state index in [2.05, 4.69) is 10.2 Å². The van der Waals surface area contributed by atoms with Crippen molar-refractivity contribution in [2.45, 2.75) is 18.8 Å². The largest absolute Gasteiger partial charge is 0.493 e. The Hall–Kier alpha value is -3.55. The molecule has 0 aliphatic carbocycles. The zero-order valence-corrected chi connectivity index (χ0v) is 17.9. The number of hydrogen-bond acceptors (Lipinski definition) is 6. The minimum Gasteiger partial charge on any atom is -0.493 e. The number of carbonyl (C=O) groups excluding carboxylic acids is 1. The molecule has 31 heavy (non-hydrogen) atoms. The third kappa shape index (κ3) is 4.19. The summed E-state index contributed by atoms with van der Waals surface area (Å²) in [4.78, 5) is 14.6. The van der Waals surface area contributed by atoms with Crippen LogP contribution in [0.2, 0.25) is 0 Å². The molecule has 1 aliphatic rings. The van der Waals surface area contributed by atoms with E-state index >= 15 is 0 Å². The lowest BCUT2D eigenvalue weighted by atomic mass is 9.96. The van der Waals surface area contributed by atoms with E-state index in [4.69, 9.17) is 14.2 Å². The van der Waals surface area contributed by atoms with Crippen molar-refractivity contribution in [3.05, 3.63) is 54.0 Å². The number of nitrogens with zero attached hydrogens (tertiary/aromatic N) is 4. The lowest BCUT2D eigenvalue weighted by Gasteiger charge is -2.30. The Kier molecular flexibility index (Phi) is 6.06. The van der Waals surface area contributed by atoms with Crippen LogP contribution < -0.4 is 14.2 Å². The van der Waals surface area contributed by atoms with Crippen LogP contribution in [0.4, 0.5) is 0 Å². The maximum atomic E-state index is 12.7. The van der Waals surface area contributed by atoms with Gasteiger partial charge in [-0.1, -0.05) is 6.07 Å². The molecule has 1 aliphatic heterocycles. The van der Waals surface area contributed by atoms with Gasteiger partial charge < -0.3 is 19.1 Å². The average molecular weight is 422 g/mol. The molecule has 8 nitrogen and oxygen atoms in total. The summed E-state index contributed by atoms with van der Waals surface area (Å²) in [6, 6.07) is 9.51. The SMILES string of the molecule is COc1cc(/C=C/C(=O)N2CCC(c3nnc4ccccn34)CC2)cc(OC)c1OC. The number of hydrogen-bond donors (Lipinski definition) is 0. The van der Waals surface area contributed by atoms with Crippen LogP contribution >= 0.6 is 0 Å². The van der Waals surface area contributed by atoms with Gasteiger partial charge in [-0.15, -0.1) is 10.2 Å². The average Bonchev–Trinajstić information content (AvgIpc) is 3.26. The summed E-state index contributed by atoms with van der Waals surface area (Å²) in [6.45, 7) is 1.37. The van der Waals surface area contributed by atoms with E-state index in [1.54, 1.807) is 33.5 Å². The minimum absolute atomic E-state index is 0.0155. The number of piperidine rings is 1. The van der Waals surface area contributed by atoms with Crippen LogP contribution in [0.1, 0.15) is 30.1 Å². The van der Waals surface area contributed by atoms with Gasteiger partial charge in [-0.25, -0.2) is 0 Å². The zero-order valence-electron chi connectivity index (χ0n) is 17.9. The van der Waals surface area contributed by atoms with Crippen molar-refractivity contribution in [1.29, 1.82) is 0 Å². The fourth-order valence-electron chi connectivity index (χ4n) is 3.97. The molecule has 8 heteroatoms. The minimum atomic E-state index is -0.0155. The van der Waals surface area contributed by atoms with Gasteiger partial charge in [-0.3, -0.25) is 9.20 Å². The van der Waals surface area contributed by atoms with Crippen LogP contribution in [0.15, 0.2) is 42.6 Å². The second kappa shape index (κ2) is 9.07. The van der Waals surface area contributed by atoms with E-state index in [0.717, 1.165) is 29.9 Å². The smallest absolute Gasteiger partial charge is 0.246 e. The summed E-state index contributed by atoms with van der Waals surface area (Å²) in [5.41, 5.74) is 1.65. The summed E-state index contributed by atoms with van der Waals surface area (Å²) in [6.07, 6.45) is 7.07. The molecule has 1 saturated heterocycles. The van der Waals surface area contributed by atoms with Gasteiger partial charge in [-0.2, -0.15) is 0 Å². The molecule has 3 aromatic rings. The summed E-state index contributed by atoms with van der Waals surface area (Å²) < 4.78 is 18.1. The van der Waals surface area contributed by atoms with Gasteiger partial charge in [-0.05, 0) is 48.7 Å². The van der Waals surface area contributed by atoms with Crippen LogP contribution in [0.3, 0.4) is 0 Å². The Labute approximate surface area is 181 Å². The Morgan fingerprint density at radius 1 is 1.03 bits per heavy atom. The summed E-state index contributed by atoms with van der Waals surface area (Å²) >= 11 is 0. The van der Waals surface area contributed by atoms with Gasteiger partial charge in [0.1, 0.15) is 5.82 Å². The van der Waals surface area contributed by atoms with E-state index in [1.807, 2.05) is 45.8 Å². The van der Waals surface area contributed by atoms with Crippen molar-refractivity contribution in [3.8, 4) is 17.2 Å². The Bertz CT molecular complexity index is 1070. The van der Waals surface area contributed by atoms with Crippen molar-refractivity contribution in [2.24, 2.45) is 0 Å². The lowest BCUT2D eigenvalue weighted by Crippen LogP contribution is -2.37.